The second kappa shape index (κ2) is 8.34. The van der Waals surface area contributed by atoms with Crippen molar-refractivity contribution in [2.24, 2.45) is 0 Å². The molecule has 2 aromatic carbocycles. The number of aryl methyl sites for hydroxylation is 1. The first-order valence-electron chi connectivity index (χ1n) is 11.4. The van der Waals surface area contributed by atoms with Crippen LogP contribution in [0.4, 0.5) is 5.00 Å². The lowest BCUT2D eigenvalue weighted by atomic mass is 9.87. The van der Waals surface area contributed by atoms with Crippen LogP contribution in [0.1, 0.15) is 82.1 Å². The number of fused-ring (bicyclic) bond motifs is 3. The van der Waals surface area contributed by atoms with Crippen LogP contribution in [0.25, 0.3) is 0 Å². The molecule has 0 spiro atoms. The normalized spacial score (nSPS) is 17.4. The van der Waals surface area contributed by atoms with Gasteiger partial charge in [0.15, 0.2) is 0 Å². The summed E-state index contributed by atoms with van der Waals surface area (Å²) in [5.74, 6) is 0.0709. The van der Waals surface area contributed by atoms with Gasteiger partial charge in [-0.3, -0.25) is 4.79 Å². The van der Waals surface area contributed by atoms with Crippen molar-refractivity contribution in [1.82, 2.24) is 5.32 Å². The number of esters is 1. The first-order chi connectivity index (χ1) is 15.8. The molecule has 0 bridgehead atoms. The van der Waals surface area contributed by atoms with Gasteiger partial charge < -0.3 is 15.4 Å². The molecule has 1 aliphatic carbocycles. The summed E-state index contributed by atoms with van der Waals surface area (Å²) in [6.07, 6.45) is 4.08. The Morgan fingerprint density at radius 2 is 1.67 bits per heavy atom. The van der Waals surface area contributed by atoms with Gasteiger partial charge in [-0.25, -0.2) is 4.79 Å². The van der Waals surface area contributed by atoms with E-state index in [1.54, 1.807) is 35.6 Å². The van der Waals surface area contributed by atoms with Crippen LogP contribution < -0.4 is 15.4 Å². The molecule has 5 nitrogen and oxygen atoms in total. The van der Waals surface area contributed by atoms with E-state index in [4.69, 9.17) is 4.74 Å². The minimum atomic E-state index is -0.388. The quantitative estimate of drug-likeness (QED) is 0.372. The molecule has 2 N–H and O–H groups in total. The van der Waals surface area contributed by atoms with Gasteiger partial charge in [0, 0.05) is 4.88 Å². The van der Waals surface area contributed by atoms with Gasteiger partial charge >= 0.3 is 5.97 Å². The standard InChI is InChI=1S/C27H28N2O3S/c1-27(2,3)18-12-8-17(9-13-18)26(31)32-19-14-10-16(11-15-19)23-28-24(30)22-20-6-4-5-7-21(20)33-25(22)29-23/h8-15,23,29H,4-7H2,1-3H3,(H,28,30). The average molecular weight is 461 g/mol. The molecule has 6 heteroatoms. The molecule has 2 heterocycles. The molecule has 33 heavy (non-hydrogen) atoms. The zero-order valence-electron chi connectivity index (χ0n) is 19.2. The molecular formula is C27H28N2O3S. The van der Waals surface area contributed by atoms with Crippen LogP contribution in [0.15, 0.2) is 48.5 Å². The van der Waals surface area contributed by atoms with E-state index in [1.807, 2.05) is 24.3 Å². The Balaban J connectivity index is 1.27. The van der Waals surface area contributed by atoms with Crippen molar-refractivity contribution in [3.8, 4) is 5.75 Å². The molecule has 0 fully saturated rings. The van der Waals surface area contributed by atoms with E-state index in [1.165, 1.54) is 22.4 Å². The van der Waals surface area contributed by atoms with Crippen LogP contribution in [-0.2, 0) is 18.3 Å². The van der Waals surface area contributed by atoms with Crippen molar-refractivity contribution < 1.29 is 14.3 Å². The van der Waals surface area contributed by atoms with E-state index in [9.17, 15) is 9.59 Å². The third kappa shape index (κ3) is 4.27. The smallest absolute Gasteiger partial charge is 0.343 e. The van der Waals surface area contributed by atoms with Gasteiger partial charge in [-0.2, -0.15) is 0 Å². The molecule has 1 amide bonds. The highest BCUT2D eigenvalue weighted by molar-refractivity contribution is 7.16. The Labute approximate surface area is 198 Å². The lowest BCUT2D eigenvalue weighted by molar-refractivity contribution is 0.0734. The van der Waals surface area contributed by atoms with Crippen LogP contribution in [0.2, 0.25) is 0 Å². The van der Waals surface area contributed by atoms with Gasteiger partial charge in [0.25, 0.3) is 5.91 Å². The molecule has 1 aliphatic heterocycles. The number of benzene rings is 2. The zero-order chi connectivity index (χ0) is 23.2. The zero-order valence-corrected chi connectivity index (χ0v) is 20.0. The van der Waals surface area contributed by atoms with Crippen LogP contribution >= 0.6 is 11.3 Å². The van der Waals surface area contributed by atoms with Crippen molar-refractivity contribution >= 4 is 28.2 Å². The predicted octanol–water partition coefficient (Wildman–Crippen LogP) is 6.00. The van der Waals surface area contributed by atoms with Crippen LogP contribution in [-0.4, -0.2) is 11.9 Å². The summed E-state index contributed by atoms with van der Waals surface area (Å²) in [7, 11) is 0. The number of hydrogen-bond donors (Lipinski definition) is 2. The maximum atomic E-state index is 12.8. The largest absolute Gasteiger partial charge is 0.423 e. The Kier molecular flexibility index (Phi) is 5.49. The van der Waals surface area contributed by atoms with Gasteiger partial charge in [0.1, 0.15) is 16.9 Å². The number of rotatable bonds is 3. The Hall–Kier alpha value is -3.12. The van der Waals surface area contributed by atoms with E-state index >= 15 is 0 Å². The molecule has 0 radical (unpaired) electrons. The van der Waals surface area contributed by atoms with Gasteiger partial charge in [0.05, 0.1) is 11.1 Å². The Morgan fingerprint density at radius 1 is 0.970 bits per heavy atom. The summed E-state index contributed by atoms with van der Waals surface area (Å²) < 4.78 is 5.56. The molecule has 2 aliphatic rings. The van der Waals surface area contributed by atoms with Crippen LogP contribution in [0.3, 0.4) is 0 Å². The number of carbonyl (C=O) groups excluding carboxylic acids is 2. The third-order valence-corrected chi connectivity index (χ3v) is 7.58. The number of ether oxygens (including phenoxy) is 1. The second-order valence-corrected chi connectivity index (χ2v) is 10.9. The topological polar surface area (TPSA) is 67.4 Å². The molecule has 170 valence electrons. The molecule has 1 unspecified atom stereocenters. The highest BCUT2D eigenvalue weighted by Gasteiger charge is 2.32. The number of anilines is 1. The van der Waals surface area contributed by atoms with E-state index in [0.717, 1.165) is 35.4 Å². The van der Waals surface area contributed by atoms with Gasteiger partial charge in [0.2, 0.25) is 0 Å². The van der Waals surface area contributed by atoms with Crippen molar-refractivity contribution in [2.45, 2.75) is 58.0 Å². The van der Waals surface area contributed by atoms with Crippen LogP contribution in [0.5, 0.6) is 5.75 Å². The van der Waals surface area contributed by atoms with E-state index in [-0.39, 0.29) is 23.5 Å². The first-order valence-corrected chi connectivity index (χ1v) is 12.3. The average Bonchev–Trinajstić information content (AvgIpc) is 3.18. The summed E-state index contributed by atoms with van der Waals surface area (Å²) >= 11 is 1.71. The molecule has 1 aromatic heterocycles. The van der Waals surface area contributed by atoms with Gasteiger partial charge in [-0.15, -0.1) is 11.3 Å². The van der Waals surface area contributed by atoms with Gasteiger partial charge in [-0.05, 0) is 72.1 Å². The Bertz CT molecular complexity index is 1200. The monoisotopic (exact) mass is 460 g/mol. The summed E-state index contributed by atoms with van der Waals surface area (Å²) in [5, 5.41) is 7.52. The number of amides is 1. The first kappa shape index (κ1) is 21.7. The van der Waals surface area contributed by atoms with Crippen molar-refractivity contribution in [3.05, 3.63) is 81.2 Å². The number of thiophene rings is 1. The molecule has 0 saturated heterocycles. The second-order valence-electron chi connectivity index (χ2n) is 9.75. The summed E-state index contributed by atoms with van der Waals surface area (Å²) in [5.41, 5.74) is 4.68. The number of nitrogens with one attached hydrogen (secondary N) is 2. The highest BCUT2D eigenvalue weighted by Crippen LogP contribution is 2.41. The predicted molar refractivity (Wildman–Crippen MR) is 131 cm³/mol. The third-order valence-electron chi connectivity index (χ3n) is 6.36. The van der Waals surface area contributed by atoms with Crippen LogP contribution in [0, 0.1) is 0 Å². The van der Waals surface area contributed by atoms with Crippen molar-refractivity contribution in [1.29, 1.82) is 0 Å². The fraction of sp³-hybridized carbons (Fsp3) is 0.333. The molecule has 1 atom stereocenters. The van der Waals surface area contributed by atoms with Gasteiger partial charge in [-0.1, -0.05) is 45.0 Å². The minimum Gasteiger partial charge on any atom is -0.423 e. The maximum Gasteiger partial charge on any atom is 0.343 e. The SMILES string of the molecule is CC(C)(C)c1ccc(C(=O)Oc2ccc(C3NC(=O)c4c(sc5c4CCCC5)N3)cc2)cc1. The van der Waals surface area contributed by atoms with E-state index in [0.29, 0.717) is 11.3 Å². The lowest BCUT2D eigenvalue weighted by Crippen LogP contribution is -2.38. The van der Waals surface area contributed by atoms with Crippen molar-refractivity contribution in [2.75, 3.05) is 5.32 Å². The van der Waals surface area contributed by atoms with E-state index < -0.39 is 0 Å². The lowest BCUT2D eigenvalue weighted by Gasteiger charge is -2.27. The molecular weight excluding hydrogens is 432 g/mol. The van der Waals surface area contributed by atoms with Crippen molar-refractivity contribution in [3.63, 3.8) is 0 Å². The fourth-order valence-corrected chi connectivity index (χ4v) is 5.76. The number of hydrogen-bond acceptors (Lipinski definition) is 5. The maximum absolute atomic E-state index is 12.8. The highest BCUT2D eigenvalue weighted by atomic mass is 32.1. The van der Waals surface area contributed by atoms with E-state index in [2.05, 4.69) is 31.4 Å². The molecule has 3 aromatic rings. The summed E-state index contributed by atoms with van der Waals surface area (Å²) in [6.45, 7) is 6.41. The Morgan fingerprint density at radius 3 is 2.36 bits per heavy atom. The summed E-state index contributed by atoms with van der Waals surface area (Å²) in [6, 6.07) is 14.8. The molecule has 0 saturated carbocycles. The number of carbonyl (C=O) groups is 2. The minimum absolute atomic E-state index is 0.0117. The molecule has 5 rings (SSSR count). The fourth-order valence-electron chi connectivity index (χ4n) is 4.45. The summed E-state index contributed by atoms with van der Waals surface area (Å²) in [4.78, 5) is 26.7.